The molecular formula is C12H21ClN4O2. The molecule has 1 heterocycles. The summed E-state index contributed by atoms with van der Waals surface area (Å²) in [7, 11) is 0. The second kappa shape index (κ2) is 8.66. The fourth-order valence-corrected chi connectivity index (χ4v) is 1.49. The highest BCUT2D eigenvalue weighted by atomic mass is 35.5. The van der Waals surface area contributed by atoms with Gasteiger partial charge in [-0.25, -0.2) is 4.98 Å². The summed E-state index contributed by atoms with van der Waals surface area (Å²) in [6.07, 6.45) is 5.25. The van der Waals surface area contributed by atoms with Crippen LogP contribution in [-0.4, -0.2) is 27.3 Å². The minimum absolute atomic E-state index is 0. The molecule has 1 rings (SSSR count). The molecule has 1 amide bonds. The standard InChI is InChI=1S/C12H20N4O2.ClH/c1-3-4-10(13)12(18)15-11-7-16(8-14-11)6-5-9(2)17;/h7-8,10H,3-6,13H2,1-2H3,(H,15,18);1H. The smallest absolute Gasteiger partial charge is 0.242 e. The molecule has 1 atom stereocenters. The molecule has 7 heteroatoms. The maximum absolute atomic E-state index is 11.6. The van der Waals surface area contributed by atoms with Crippen molar-refractivity contribution in [2.45, 2.75) is 45.7 Å². The van der Waals surface area contributed by atoms with Crippen molar-refractivity contribution in [3.05, 3.63) is 12.5 Å². The van der Waals surface area contributed by atoms with Crippen LogP contribution in [0.4, 0.5) is 5.82 Å². The third-order valence-electron chi connectivity index (χ3n) is 2.54. The van der Waals surface area contributed by atoms with Gasteiger partial charge in [-0.15, -0.1) is 12.4 Å². The molecule has 6 nitrogen and oxygen atoms in total. The Morgan fingerprint density at radius 2 is 2.21 bits per heavy atom. The third kappa shape index (κ3) is 6.35. The molecule has 0 fully saturated rings. The number of carbonyl (C=O) groups excluding carboxylic acids is 2. The fraction of sp³-hybridized carbons (Fsp3) is 0.583. The van der Waals surface area contributed by atoms with Crippen LogP contribution in [-0.2, 0) is 16.1 Å². The predicted octanol–water partition coefficient (Wildman–Crippen LogP) is 1.35. The average Bonchev–Trinajstić information content (AvgIpc) is 2.74. The maximum atomic E-state index is 11.6. The molecular weight excluding hydrogens is 268 g/mol. The largest absolute Gasteiger partial charge is 0.335 e. The summed E-state index contributed by atoms with van der Waals surface area (Å²) in [6.45, 7) is 4.09. The number of hydrogen-bond acceptors (Lipinski definition) is 4. The summed E-state index contributed by atoms with van der Waals surface area (Å²) >= 11 is 0. The van der Waals surface area contributed by atoms with E-state index in [1.165, 1.54) is 0 Å². The number of nitrogens with one attached hydrogen (secondary N) is 1. The van der Waals surface area contributed by atoms with E-state index in [0.29, 0.717) is 25.2 Å². The van der Waals surface area contributed by atoms with Gasteiger partial charge >= 0.3 is 0 Å². The van der Waals surface area contributed by atoms with Crippen LogP contribution in [0.5, 0.6) is 0 Å². The van der Waals surface area contributed by atoms with Gasteiger partial charge < -0.3 is 15.6 Å². The van der Waals surface area contributed by atoms with E-state index in [9.17, 15) is 9.59 Å². The lowest BCUT2D eigenvalue weighted by Crippen LogP contribution is -2.35. The van der Waals surface area contributed by atoms with Crippen LogP contribution in [0, 0.1) is 0 Å². The average molecular weight is 289 g/mol. The van der Waals surface area contributed by atoms with Crippen LogP contribution in [0.25, 0.3) is 0 Å². The van der Waals surface area contributed by atoms with Crippen molar-refractivity contribution >= 4 is 29.9 Å². The van der Waals surface area contributed by atoms with Gasteiger partial charge in [0.05, 0.1) is 12.4 Å². The molecule has 0 spiro atoms. The van der Waals surface area contributed by atoms with Crippen molar-refractivity contribution in [2.24, 2.45) is 5.73 Å². The Labute approximate surface area is 119 Å². The number of aromatic nitrogens is 2. The highest BCUT2D eigenvalue weighted by Crippen LogP contribution is 2.05. The number of nitrogens with two attached hydrogens (primary N) is 1. The van der Waals surface area contributed by atoms with Gasteiger partial charge in [-0.3, -0.25) is 9.59 Å². The van der Waals surface area contributed by atoms with Crippen LogP contribution in [0.15, 0.2) is 12.5 Å². The Hall–Kier alpha value is -1.40. The Morgan fingerprint density at radius 3 is 2.79 bits per heavy atom. The van der Waals surface area contributed by atoms with Crippen LogP contribution >= 0.6 is 12.4 Å². The van der Waals surface area contributed by atoms with Crippen molar-refractivity contribution in [1.29, 1.82) is 0 Å². The summed E-state index contributed by atoms with van der Waals surface area (Å²) in [5, 5.41) is 2.65. The molecule has 0 aliphatic carbocycles. The zero-order valence-electron chi connectivity index (χ0n) is 11.3. The number of rotatable bonds is 7. The first-order chi connectivity index (χ1) is 8.52. The van der Waals surface area contributed by atoms with Crippen molar-refractivity contribution in [3.63, 3.8) is 0 Å². The lowest BCUT2D eigenvalue weighted by molar-refractivity contribution is -0.118. The van der Waals surface area contributed by atoms with Crippen LogP contribution in [0.1, 0.15) is 33.1 Å². The van der Waals surface area contributed by atoms with E-state index in [4.69, 9.17) is 5.73 Å². The van der Waals surface area contributed by atoms with E-state index in [-0.39, 0.29) is 24.1 Å². The van der Waals surface area contributed by atoms with Crippen LogP contribution in [0.3, 0.4) is 0 Å². The predicted molar refractivity (Wildman–Crippen MR) is 76.3 cm³/mol. The van der Waals surface area contributed by atoms with Gasteiger partial charge in [0.1, 0.15) is 5.78 Å². The van der Waals surface area contributed by atoms with Gasteiger partial charge in [-0.05, 0) is 13.3 Å². The molecule has 0 aliphatic rings. The molecule has 0 saturated carbocycles. The Bertz CT molecular complexity index is 420. The van der Waals surface area contributed by atoms with E-state index in [1.807, 2.05) is 6.92 Å². The number of anilines is 1. The molecule has 0 saturated heterocycles. The topological polar surface area (TPSA) is 90.0 Å². The number of halogens is 1. The van der Waals surface area contributed by atoms with Gasteiger partial charge in [0.15, 0.2) is 5.82 Å². The Balaban J connectivity index is 0.00000324. The molecule has 1 aromatic rings. The van der Waals surface area contributed by atoms with E-state index in [0.717, 1.165) is 6.42 Å². The van der Waals surface area contributed by atoms with E-state index >= 15 is 0 Å². The lowest BCUT2D eigenvalue weighted by Gasteiger charge is -2.08. The summed E-state index contributed by atoms with van der Waals surface area (Å²) in [6, 6.07) is -0.502. The molecule has 1 aromatic heterocycles. The van der Waals surface area contributed by atoms with E-state index in [2.05, 4.69) is 10.3 Å². The molecule has 0 aliphatic heterocycles. The van der Waals surface area contributed by atoms with Crippen LogP contribution < -0.4 is 11.1 Å². The molecule has 0 aromatic carbocycles. The molecule has 19 heavy (non-hydrogen) atoms. The first kappa shape index (κ1) is 17.6. The fourth-order valence-electron chi connectivity index (χ4n) is 1.49. The van der Waals surface area contributed by atoms with Gasteiger partial charge in [0, 0.05) is 19.2 Å². The Kier molecular flexibility index (Phi) is 8.02. The van der Waals surface area contributed by atoms with Gasteiger partial charge in [-0.2, -0.15) is 0 Å². The summed E-state index contributed by atoms with van der Waals surface area (Å²) < 4.78 is 1.77. The number of imidazole rings is 1. The highest BCUT2D eigenvalue weighted by Gasteiger charge is 2.13. The van der Waals surface area contributed by atoms with Crippen molar-refractivity contribution in [2.75, 3.05) is 5.32 Å². The zero-order chi connectivity index (χ0) is 13.5. The first-order valence-corrected chi connectivity index (χ1v) is 6.10. The maximum Gasteiger partial charge on any atom is 0.242 e. The molecule has 0 radical (unpaired) electrons. The normalized spacial score (nSPS) is 11.5. The monoisotopic (exact) mass is 288 g/mol. The SMILES string of the molecule is CCCC(N)C(=O)Nc1cn(CCC(C)=O)cn1.Cl. The lowest BCUT2D eigenvalue weighted by atomic mass is 10.2. The molecule has 108 valence electrons. The first-order valence-electron chi connectivity index (χ1n) is 6.10. The quantitative estimate of drug-likeness (QED) is 0.792. The van der Waals surface area contributed by atoms with Gasteiger partial charge in [0.2, 0.25) is 5.91 Å². The number of hydrogen-bond donors (Lipinski definition) is 2. The number of ketones is 1. The number of nitrogens with zero attached hydrogens (tertiary/aromatic N) is 2. The molecule has 0 bridgehead atoms. The zero-order valence-corrected chi connectivity index (χ0v) is 12.1. The third-order valence-corrected chi connectivity index (χ3v) is 2.54. The Morgan fingerprint density at radius 1 is 1.53 bits per heavy atom. The van der Waals surface area contributed by atoms with Crippen molar-refractivity contribution in [1.82, 2.24) is 9.55 Å². The second-order valence-electron chi connectivity index (χ2n) is 4.33. The highest BCUT2D eigenvalue weighted by molar-refractivity contribution is 5.93. The molecule has 3 N–H and O–H groups in total. The van der Waals surface area contributed by atoms with Crippen molar-refractivity contribution in [3.8, 4) is 0 Å². The minimum Gasteiger partial charge on any atom is -0.335 e. The second-order valence-corrected chi connectivity index (χ2v) is 4.33. The minimum atomic E-state index is -0.502. The van der Waals surface area contributed by atoms with E-state index < -0.39 is 6.04 Å². The van der Waals surface area contributed by atoms with Gasteiger partial charge in [-0.1, -0.05) is 13.3 Å². The summed E-state index contributed by atoms with van der Waals surface area (Å²) in [4.78, 5) is 26.5. The van der Waals surface area contributed by atoms with Crippen LogP contribution in [0.2, 0.25) is 0 Å². The number of carbonyl (C=O) groups is 2. The number of Topliss-reactive ketones (excluding diaryl/α,β-unsaturated/α-hetero) is 1. The number of amides is 1. The van der Waals surface area contributed by atoms with Gasteiger partial charge in [0.25, 0.3) is 0 Å². The van der Waals surface area contributed by atoms with E-state index in [1.54, 1.807) is 24.0 Å². The summed E-state index contributed by atoms with van der Waals surface area (Å²) in [5.41, 5.74) is 5.69. The van der Waals surface area contributed by atoms with Crippen molar-refractivity contribution < 1.29 is 9.59 Å². The molecule has 1 unspecified atom stereocenters. The summed E-state index contributed by atoms with van der Waals surface area (Å²) in [5.74, 6) is 0.364. The number of aryl methyl sites for hydroxylation is 1.